The van der Waals surface area contributed by atoms with Crippen molar-refractivity contribution in [1.82, 2.24) is 4.98 Å². The van der Waals surface area contributed by atoms with Gasteiger partial charge in [0.2, 0.25) is 0 Å². The Hall–Kier alpha value is -2.03. The normalized spacial score (nSPS) is 13.6. The zero-order valence-corrected chi connectivity index (χ0v) is 10.5. The van der Waals surface area contributed by atoms with E-state index in [0.717, 1.165) is 24.5 Å². The summed E-state index contributed by atoms with van der Waals surface area (Å²) in [6.07, 6.45) is 4.19. The monoisotopic (exact) mass is 239 g/mol. The highest BCUT2D eigenvalue weighted by molar-refractivity contribution is 5.64. The number of nitrogens with one attached hydrogen (secondary N) is 2. The molecule has 2 aromatic rings. The molecule has 3 rings (SSSR count). The molecule has 2 N–H and O–H groups in total. The van der Waals surface area contributed by atoms with E-state index in [9.17, 15) is 0 Å². The number of aromatic nitrogens is 1. The molecular formula is C15H17N3. The first-order valence-corrected chi connectivity index (χ1v) is 6.38. The third kappa shape index (κ3) is 2.30. The van der Waals surface area contributed by atoms with Gasteiger partial charge in [0.25, 0.3) is 0 Å². The smallest absolute Gasteiger partial charge is 0.130 e. The number of benzene rings is 1. The number of rotatable bonds is 2. The molecule has 3 heteroatoms. The maximum Gasteiger partial charge on any atom is 0.130 e. The van der Waals surface area contributed by atoms with E-state index in [1.165, 1.54) is 23.2 Å². The molecule has 0 amide bonds. The highest BCUT2D eigenvalue weighted by Crippen LogP contribution is 2.26. The number of hydrogen-bond acceptors (Lipinski definition) is 3. The van der Waals surface area contributed by atoms with Gasteiger partial charge in [0.05, 0.1) is 0 Å². The van der Waals surface area contributed by atoms with Gasteiger partial charge in [-0.1, -0.05) is 0 Å². The fourth-order valence-corrected chi connectivity index (χ4v) is 2.31. The molecule has 0 saturated heterocycles. The second-order valence-corrected chi connectivity index (χ2v) is 4.75. The van der Waals surface area contributed by atoms with E-state index in [0.29, 0.717) is 0 Å². The Morgan fingerprint density at radius 2 is 2.17 bits per heavy atom. The quantitative estimate of drug-likeness (QED) is 0.842. The van der Waals surface area contributed by atoms with Gasteiger partial charge in [-0.3, -0.25) is 0 Å². The Labute approximate surface area is 107 Å². The Morgan fingerprint density at radius 3 is 3.06 bits per heavy atom. The van der Waals surface area contributed by atoms with Crippen LogP contribution in [0.4, 0.5) is 17.2 Å². The predicted molar refractivity (Wildman–Crippen MR) is 75.5 cm³/mol. The van der Waals surface area contributed by atoms with Gasteiger partial charge in [0, 0.05) is 24.1 Å². The fraction of sp³-hybridized carbons (Fsp3) is 0.267. The van der Waals surface area contributed by atoms with Crippen LogP contribution in [0.5, 0.6) is 0 Å². The van der Waals surface area contributed by atoms with Crippen LogP contribution in [-0.2, 0) is 6.42 Å². The van der Waals surface area contributed by atoms with E-state index in [4.69, 9.17) is 0 Å². The molecule has 1 aliphatic heterocycles. The van der Waals surface area contributed by atoms with E-state index >= 15 is 0 Å². The summed E-state index contributed by atoms with van der Waals surface area (Å²) in [5.41, 5.74) is 4.98. The molecule has 18 heavy (non-hydrogen) atoms. The van der Waals surface area contributed by atoms with Crippen LogP contribution in [0.15, 0.2) is 36.5 Å². The number of anilines is 3. The third-order valence-corrected chi connectivity index (χ3v) is 3.23. The second-order valence-electron chi connectivity index (χ2n) is 4.75. The minimum Gasteiger partial charge on any atom is -0.385 e. The lowest BCUT2D eigenvalue weighted by molar-refractivity contribution is 0.830. The maximum atomic E-state index is 4.32. The van der Waals surface area contributed by atoms with Gasteiger partial charge >= 0.3 is 0 Å². The molecule has 2 heterocycles. The molecule has 1 aromatic heterocycles. The summed E-state index contributed by atoms with van der Waals surface area (Å²) in [5.74, 6) is 0.902. The van der Waals surface area contributed by atoms with Crippen molar-refractivity contribution in [1.29, 1.82) is 0 Å². The van der Waals surface area contributed by atoms with Crippen molar-refractivity contribution in [2.24, 2.45) is 0 Å². The maximum absolute atomic E-state index is 4.32. The van der Waals surface area contributed by atoms with Crippen LogP contribution in [0.3, 0.4) is 0 Å². The number of hydrogen-bond donors (Lipinski definition) is 2. The van der Waals surface area contributed by atoms with Crippen LogP contribution >= 0.6 is 0 Å². The van der Waals surface area contributed by atoms with E-state index in [2.05, 4.69) is 46.8 Å². The first kappa shape index (κ1) is 11.1. The summed E-state index contributed by atoms with van der Waals surface area (Å²) < 4.78 is 0. The fourth-order valence-electron chi connectivity index (χ4n) is 2.31. The molecule has 0 atom stereocenters. The van der Waals surface area contributed by atoms with Crippen LogP contribution in [0, 0.1) is 6.92 Å². The van der Waals surface area contributed by atoms with E-state index in [1.54, 1.807) is 0 Å². The van der Waals surface area contributed by atoms with Crippen molar-refractivity contribution >= 4 is 17.2 Å². The number of fused-ring (bicyclic) bond motifs is 1. The van der Waals surface area contributed by atoms with E-state index in [1.807, 2.05) is 12.3 Å². The minimum atomic E-state index is 0.902. The molecule has 0 spiro atoms. The Kier molecular flexibility index (Phi) is 2.89. The molecule has 92 valence electrons. The highest BCUT2D eigenvalue weighted by Gasteiger charge is 2.08. The van der Waals surface area contributed by atoms with Crippen molar-refractivity contribution in [3.05, 3.63) is 47.7 Å². The molecule has 0 radical (unpaired) electrons. The molecule has 0 saturated carbocycles. The topological polar surface area (TPSA) is 37.0 Å². The second kappa shape index (κ2) is 4.69. The van der Waals surface area contributed by atoms with Gasteiger partial charge in [0.15, 0.2) is 0 Å². The minimum absolute atomic E-state index is 0.902. The third-order valence-electron chi connectivity index (χ3n) is 3.23. The summed E-state index contributed by atoms with van der Waals surface area (Å²) in [7, 11) is 0. The molecule has 1 aromatic carbocycles. The Bertz CT molecular complexity index is 563. The lowest BCUT2D eigenvalue weighted by Gasteiger charge is -2.19. The van der Waals surface area contributed by atoms with Gasteiger partial charge < -0.3 is 10.6 Å². The largest absolute Gasteiger partial charge is 0.385 e. The first-order valence-electron chi connectivity index (χ1n) is 6.38. The zero-order chi connectivity index (χ0) is 12.4. The summed E-state index contributed by atoms with van der Waals surface area (Å²) in [4.78, 5) is 4.32. The van der Waals surface area contributed by atoms with Gasteiger partial charge in [-0.25, -0.2) is 4.98 Å². The summed E-state index contributed by atoms with van der Waals surface area (Å²) >= 11 is 0. The van der Waals surface area contributed by atoms with E-state index < -0.39 is 0 Å². The van der Waals surface area contributed by atoms with Gasteiger partial charge in [-0.2, -0.15) is 0 Å². The lowest BCUT2D eigenvalue weighted by atomic mass is 10.0. The Balaban J connectivity index is 1.85. The van der Waals surface area contributed by atoms with Crippen molar-refractivity contribution in [3.8, 4) is 0 Å². The molecule has 3 nitrogen and oxygen atoms in total. The predicted octanol–water partition coefficient (Wildman–Crippen LogP) is 3.49. The average Bonchev–Trinajstić information content (AvgIpc) is 2.39. The van der Waals surface area contributed by atoms with Crippen LogP contribution in [0.2, 0.25) is 0 Å². The number of nitrogens with zero attached hydrogens (tertiary/aromatic N) is 1. The van der Waals surface area contributed by atoms with Gasteiger partial charge in [-0.05, 0) is 61.2 Å². The van der Waals surface area contributed by atoms with Crippen LogP contribution in [0.25, 0.3) is 0 Å². The highest BCUT2D eigenvalue weighted by atomic mass is 15.0. The van der Waals surface area contributed by atoms with Crippen molar-refractivity contribution in [2.75, 3.05) is 17.2 Å². The Morgan fingerprint density at radius 1 is 1.22 bits per heavy atom. The zero-order valence-electron chi connectivity index (χ0n) is 10.5. The van der Waals surface area contributed by atoms with Crippen molar-refractivity contribution in [3.63, 3.8) is 0 Å². The first-order chi connectivity index (χ1) is 8.81. The number of pyridine rings is 1. The summed E-state index contributed by atoms with van der Waals surface area (Å²) in [5, 5.41) is 6.78. The van der Waals surface area contributed by atoms with Gasteiger partial charge in [0.1, 0.15) is 5.82 Å². The molecular weight excluding hydrogens is 222 g/mol. The molecule has 0 aliphatic carbocycles. The number of aryl methyl sites for hydroxylation is 2. The SMILES string of the molecule is Cc1ccnc(Nc2ccc3c(c2)CCCN3)c1. The summed E-state index contributed by atoms with van der Waals surface area (Å²) in [6, 6.07) is 10.5. The van der Waals surface area contributed by atoms with Crippen LogP contribution in [0.1, 0.15) is 17.5 Å². The van der Waals surface area contributed by atoms with Crippen molar-refractivity contribution in [2.45, 2.75) is 19.8 Å². The van der Waals surface area contributed by atoms with Gasteiger partial charge in [-0.15, -0.1) is 0 Å². The molecule has 1 aliphatic rings. The molecule has 0 bridgehead atoms. The summed E-state index contributed by atoms with van der Waals surface area (Å²) in [6.45, 7) is 3.16. The van der Waals surface area contributed by atoms with Crippen LogP contribution in [-0.4, -0.2) is 11.5 Å². The van der Waals surface area contributed by atoms with E-state index in [-0.39, 0.29) is 0 Å². The lowest BCUT2D eigenvalue weighted by Crippen LogP contribution is -2.11. The van der Waals surface area contributed by atoms with Crippen LogP contribution < -0.4 is 10.6 Å². The standard InChI is InChI=1S/C15H17N3/c1-11-6-8-17-15(9-11)18-13-4-5-14-12(10-13)3-2-7-16-14/h4-6,8-10,16H,2-3,7H2,1H3,(H,17,18). The average molecular weight is 239 g/mol. The molecule has 0 fully saturated rings. The van der Waals surface area contributed by atoms with Crippen molar-refractivity contribution < 1.29 is 0 Å². The molecule has 0 unspecified atom stereocenters.